The van der Waals surface area contributed by atoms with Gasteiger partial charge in [-0.3, -0.25) is 0 Å². The van der Waals surface area contributed by atoms with Crippen LogP contribution in [0.3, 0.4) is 0 Å². The molecular weight excluding hydrogens is 514 g/mol. The molecule has 2 aliphatic rings. The van der Waals surface area contributed by atoms with Crippen LogP contribution in [0.5, 0.6) is 0 Å². The molecule has 0 aliphatic carbocycles. The highest BCUT2D eigenvalue weighted by Crippen LogP contribution is 2.30. The molecule has 37 heavy (non-hydrogen) atoms. The zero-order chi connectivity index (χ0) is 27.4. The van der Waals surface area contributed by atoms with Crippen LogP contribution < -0.4 is 27.0 Å². The molecule has 0 amide bonds. The Balaban J connectivity index is 0.00000115. The molecule has 2 aromatic carbocycles. The smallest absolute Gasteiger partial charge is 0.142 e. The maximum Gasteiger partial charge on any atom is 0.142 e. The van der Waals surface area contributed by atoms with Crippen molar-refractivity contribution in [2.24, 2.45) is 11.5 Å². The first-order chi connectivity index (χ1) is 17.9. The van der Waals surface area contributed by atoms with E-state index in [-0.39, 0.29) is 5.02 Å². The van der Waals surface area contributed by atoms with Gasteiger partial charge >= 0.3 is 0 Å². The minimum Gasteiger partial charge on any atom is -0.385 e. The maximum absolute atomic E-state index is 14.0. The number of allylic oxidation sites excluding steroid dienone is 1. The van der Waals surface area contributed by atoms with Gasteiger partial charge in [0, 0.05) is 60.8 Å². The molecule has 2 aromatic rings. The molecule has 4 rings (SSSR count). The van der Waals surface area contributed by atoms with E-state index in [4.69, 9.17) is 39.4 Å². The van der Waals surface area contributed by atoms with Gasteiger partial charge in [0.1, 0.15) is 17.5 Å². The van der Waals surface area contributed by atoms with Crippen molar-refractivity contribution in [2.75, 3.05) is 49.6 Å². The molecule has 2 aliphatic heterocycles. The van der Waals surface area contributed by atoms with Crippen molar-refractivity contribution in [2.45, 2.75) is 34.2 Å². The van der Waals surface area contributed by atoms with Crippen molar-refractivity contribution in [3.05, 3.63) is 81.2 Å². The van der Waals surface area contributed by atoms with Gasteiger partial charge < -0.3 is 36.6 Å². The van der Waals surface area contributed by atoms with Crippen LogP contribution in [0.4, 0.5) is 15.8 Å². The van der Waals surface area contributed by atoms with Crippen molar-refractivity contribution in [1.29, 1.82) is 0 Å². The van der Waals surface area contributed by atoms with Crippen molar-refractivity contribution in [1.82, 2.24) is 10.2 Å². The number of benzene rings is 2. The standard InChI is InChI=1S/C23H27Cl2FN6O.2C2H6/c24-18-4-5-19(26)22(25)17(18)14-32-7-6-29-23(28)20(32)13-21(27)30-15-2-1-3-16(12-15)31-8-10-33-11-9-31;2*1-2/h1-5,12-13,29-30H,6-11,14,27-28H2;2*1-2H3/b21-13+;;. The maximum atomic E-state index is 14.0. The number of rotatable bonds is 6. The van der Waals surface area contributed by atoms with Crippen molar-refractivity contribution >= 4 is 34.6 Å². The Bertz CT molecular complexity index is 1070. The monoisotopic (exact) mass is 552 g/mol. The molecule has 204 valence electrons. The SMILES string of the molecule is CC.CC.NC1=C(/C=C(\N)Nc2cccc(N3CCOCC3)c2)N(Cc2c(Cl)ccc(F)c2Cl)CCN1. The molecule has 0 aromatic heterocycles. The van der Waals surface area contributed by atoms with Crippen molar-refractivity contribution < 1.29 is 9.13 Å². The minimum atomic E-state index is -0.512. The second-order valence-electron chi connectivity index (χ2n) is 7.84. The summed E-state index contributed by atoms with van der Waals surface area (Å²) in [7, 11) is 0. The summed E-state index contributed by atoms with van der Waals surface area (Å²) in [5.41, 5.74) is 15.7. The summed E-state index contributed by atoms with van der Waals surface area (Å²) in [5, 5.41) is 6.77. The van der Waals surface area contributed by atoms with Gasteiger partial charge in [-0.15, -0.1) is 0 Å². The van der Waals surface area contributed by atoms with E-state index in [1.54, 1.807) is 6.08 Å². The van der Waals surface area contributed by atoms with Crippen molar-refractivity contribution in [3.63, 3.8) is 0 Å². The number of halogens is 3. The lowest BCUT2D eigenvalue weighted by Gasteiger charge is -2.32. The van der Waals surface area contributed by atoms with Gasteiger partial charge in [-0.2, -0.15) is 0 Å². The summed E-state index contributed by atoms with van der Waals surface area (Å²) in [6.07, 6.45) is 1.75. The largest absolute Gasteiger partial charge is 0.385 e. The van der Waals surface area contributed by atoms with E-state index in [9.17, 15) is 4.39 Å². The summed E-state index contributed by atoms with van der Waals surface area (Å²) in [6.45, 7) is 12.7. The van der Waals surface area contributed by atoms with Gasteiger partial charge in [-0.1, -0.05) is 57.0 Å². The lowest BCUT2D eigenvalue weighted by atomic mass is 10.1. The zero-order valence-corrected chi connectivity index (χ0v) is 23.6. The highest BCUT2D eigenvalue weighted by atomic mass is 35.5. The van der Waals surface area contributed by atoms with Gasteiger partial charge in [0.2, 0.25) is 0 Å². The van der Waals surface area contributed by atoms with Gasteiger partial charge in [-0.25, -0.2) is 4.39 Å². The summed E-state index contributed by atoms with van der Waals surface area (Å²) >= 11 is 12.5. The lowest BCUT2D eigenvalue weighted by Crippen LogP contribution is -2.41. The molecule has 0 atom stereocenters. The molecule has 0 spiro atoms. The number of anilines is 2. The fourth-order valence-electron chi connectivity index (χ4n) is 3.90. The summed E-state index contributed by atoms with van der Waals surface area (Å²) in [6, 6.07) is 10.8. The molecule has 0 radical (unpaired) electrons. The highest BCUT2D eigenvalue weighted by Gasteiger charge is 2.21. The second-order valence-corrected chi connectivity index (χ2v) is 8.63. The van der Waals surface area contributed by atoms with E-state index in [1.165, 1.54) is 12.1 Å². The lowest BCUT2D eigenvalue weighted by molar-refractivity contribution is 0.122. The molecule has 1 saturated heterocycles. The number of hydrogen-bond donors (Lipinski definition) is 4. The molecule has 2 heterocycles. The Labute approximate surface area is 230 Å². The van der Waals surface area contributed by atoms with E-state index in [2.05, 4.69) is 21.6 Å². The first kappa shape index (κ1) is 30.4. The van der Waals surface area contributed by atoms with Gasteiger partial charge in [0.25, 0.3) is 0 Å². The predicted octanol–water partition coefficient (Wildman–Crippen LogP) is 5.47. The number of ether oxygens (including phenoxy) is 1. The quantitative estimate of drug-likeness (QED) is 0.353. The Morgan fingerprint density at radius 3 is 2.51 bits per heavy atom. The molecular formula is C27H39Cl2FN6O. The average molecular weight is 554 g/mol. The van der Waals surface area contributed by atoms with Crippen LogP contribution >= 0.6 is 23.2 Å². The predicted molar refractivity (Wildman–Crippen MR) is 154 cm³/mol. The van der Waals surface area contributed by atoms with E-state index in [0.29, 0.717) is 47.6 Å². The van der Waals surface area contributed by atoms with E-state index in [1.807, 2.05) is 50.8 Å². The van der Waals surface area contributed by atoms with Crippen LogP contribution in [0.15, 0.2) is 59.8 Å². The third-order valence-electron chi connectivity index (χ3n) is 5.60. The topological polar surface area (TPSA) is 91.8 Å². The minimum absolute atomic E-state index is 0.00829. The van der Waals surface area contributed by atoms with Crippen LogP contribution in [-0.4, -0.2) is 44.3 Å². The Morgan fingerprint density at radius 1 is 1.11 bits per heavy atom. The Hall–Kier alpha value is -2.81. The first-order valence-corrected chi connectivity index (χ1v) is 13.5. The summed E-state index contributed by atoms with van der Waals surface area (Å²) < 4.78 is 19.4. The van der Waals surface area contributed by atoms with E-state index in [0.717, 1.165) is 37.7 Å². The second kappa shape index (κ2) is 15.4. The summed E-state index contributed by atoms with van der Waals surface area (Å²) in [5.74, 6) is 0.371. The number of nitrogens with one attached hydrogen (secondary N) is 2. The molecule has 6 N–H and O–H groups in total. The number of morpholine rings is 1. The van der Waals surface area contributed by atoms with Crippen LogP contribution in [0.25, 0.3) is 0 Å². The van der Waals surface area contributed by atoms with Gasteiger partial charge in [0.15, 0.2) is 0 Å². The van der Waals surface area contributed by atoms with Crippen molar-refractivity contribution in [3.8, 4) is 0 Å². The first-order valence-electron chi connectivity index (χ1n) is 12.7. The normalized spacial score (nSPS) is 15.7. The Kier molecular flexibility index (Phi) is 12.7. The van der Waals surface area contributed by atoms with Crippen LogP contribution in [-0.2, 0) is 11.3 Å². The molecule has 10 heteroatoms. The van der Waals surface area contributed by atoms with Gasteiger partial charge in [0.05, 0.1) is 23.9 Å². The molecule has 0 bridgehead atoms. The number of hydrogen-bond acceptors (Lipinski definition) is 7. The summed E-state index contributed by atoms with van der Waals surface area (Å²) in [4.78, 5) is 4.24. The molecule has 0 saturated carbocycles. The fraction of sp³-hybridized carbons (Fsp3) is 0.407. The Morgan fingerprint density at radius 2 is 1.81 bits per heavy atom. The van der Waals surface area contributed by atoms with Crippen LogP contribution in [0.1, 0.15) is 33.3 Å². The third kappa shape index (κ3) is 8.35. The van der Waals surface area contributed by atoms with Gasteiger partial charge in [-0.05, 0) is 30.3 Å². The average Bonchev–Trinajstić information content (AvgIpc) is 2.93. The molecule has 7 nitrogen and oxygen atoms in total. The van der Waals surface area contributed by atoms with Crippen LogP contribution in [0.2, 0.25) is 10.0 Å². The number of nitrogens with two attached hydrogens (primary N) is 2. The highest BCUT2D eigenvalue weighted by molar-refractivity contribution is 6.36. The van der Waals surface area contributed by atoms with E-state index < -0.39 is 5.82 Å². The van der Waals surface area contributed by atoms with Crippen LogP contribution in [0, 0.1) is 5.82 Å². The van der Waals surface area contributed by atoms with E-state index >= 15 is 0 Å². The molecule has 0 unspecified atom stereocenters. The zero-order valence-electron chi connectivity index (χ0n) is 22.1. The number of nitrogens with zero attached hydrogens (tertiary/aromatic N) is 2. The third-order valence-corrected chi connectivity index (χ3v) is 6.37. The fourth-order valence-corrected chi connectivity index (χ4v) is 4.39. The molecule has 1 fully saturated rings.